The largest absolute Gasteiger partial charge is 0.378 e. The van der Waals surface area contributed by atoms with Gasteiger partial charge in [-0.05, 0) is 18.8 Å². The van der Waals surface area contributed by atoms with Gasteiger partial charge < -0.3 is 20.3 Å². The topological polar surface area (TPSA) is 58.8 Å². The number of urea groups is 1. The van der Waals surface area contributed by atoms with Gasteiger partial charge in [0.05, 0.1) is 13.2 Å². The molecule has 0 aromatic heterocycles. The van der Waals surface area contributed by atoms with Gasteiger partial charge in [0.15, 0.2) is 0 Å². The molecule has 18 heavy (non-hydrogen) atoms. The highest BCUT2D eigenvalue weighted by atomic mass is 35.5. The number of halogens is 1. The van der Waals surface area contributed by atoms with Gasteiger partial charge in [-0.1, -0.05) is 6.92 Å². The lowest BCUT2D eigenvalue weighted by Crippen LogP contribution is -2.55. The van der Waals surface area contributed by atoms with Crippen molar-refractivity contribution in [2.75, 3.05) is 39.4 Å². The lowest BCUT2D eigenvalue weighted by molar-refractivity contribution is 0.0335. The lowest BCUT2D eigenvalue weighted by atomic mass is 9.92. The third-order valence-electron chi connectivity index (χ3n) is 3.78. The predicted octanol–water partition coefficient (Wildman–Crippen LogP) is 0.920. The molecule has 0 aromatic rings. The fourth-order valence-corrected chi connectivity index (χ4v) is 2.66. The van der Waals surface area contributed by atoms with Gasteiger partial charge in [0.2, 0.25) is 0 Å². The van der Waals surface area contributed by atoms with Crippen LogP contribution in [0.15, 0.2) is 0 Å². The molecule has 5 nitrogen and oxygen atoms in total. The minimum absolute atomic E-state index is 0. The quantitative estimate of drug-likeness (QED) is 0.775. The normalized spacial score (nSPS) is 28.8. The summed E-state index contributed by atoms with van der Waals surface area (Å²) in [6.07, 6.45) is 2.12. The molecular weight excluding hydrogens is 254 g/mol. The summed E-state index contributed by atoms with van der Waals surface area (Å²) in [5.74, 6) is 0.678. The van der Waals surface area contributed by atoms with Gasteiger partial charge in [-0.15, -0.1) is 12.4 Å². The van der Waals surface area contributed by atoms with Gasteiger partial charge in [-0.25, -0.2) is 4.79 Å². The van der Waals surface area contributed by atoms with Crippen LogP contribution in [0.25, 0.3) is 0 Å². The summed E-state index contributed by atoms with van der Waals surface area (Å²) in [5.41, 5.74) is 5.79. The second kappa shape index (κ2) is 7.16. The Morgan fingerprint density at radius 2 is 2.00 bits per heavy atom. The average molecular weight is 278 g/mol. The number of piperidine rings is 1. The molecule has 0 radical (unpaired) electrons. The van der Waals surface area contributed by atoms with Crippen LogP contribution in [0.3, 0.4) is 0 Å². The summed E-state index contributed by atoms with van der Waals surface area (Å²) < 4.78 is 5.27. The third-order valence-corrected chi connectivity index (χ3v) is 3.78. The van der Waals surface area contributed by atoms with E-state index < -0.39 is 0 Å². The number of carbonyl (C=O) groups excluding carboxylic acids is 1. The Hall–Kier alpha value is -0.520. The summed E-state index contributed by atoms with van der Waals surface area (Å²) in [6.45, 7) is 6.38. The smallest absolute Gasteiger partial charge is 0.320 e. The van der Waals surface area contributed by atoms with Gasteiger partial charge in [0, 0.05) is 32.2 Å². The number of hydrogen-bond donors (Lipinski definition) is 1. The maximum Gasteiger partial charge on any atom is 0.320 e. The van der Waals surface area contributed by atoms with E-state index in [1.54, 1.807) is 0 Å². The summed E-state index contributed by atoms with van der Waals surface area (Å²) in [4.78, 5) is 16.2. The molecule has 0 spiro atoms. The number of hydrogen-bond acceptors (Lipinski definition) is 3. The van der Waals surface area contributed by atoms with Crippen LogP contribution in [-0.4, -0.2) is 61.3 Å². The number of nitrogens with zero attached hydrogens (tertiary/aromatic N) is 2. The summed E-state index contributed by atoms with van der Waals surface area (Å²) in [6, 6.07) is 0.366. The van der Waals surface area contributed by atoms with Gasteiger partial charge in [-0.3, -0.25) is 0 Å². The highest BCUT2D eigenvalue weighted by Crippen LogP contribution is 2.23. The van der Waals surface area contributed by atoms with Crippen molar-refractivity contribution in [1.29, 1.82) is 0 Å². The van der Waals surface area contributed by atoms with Crippen molar-refractivity contribution in [3.8, 4) is 0 Å². The molecule has 2 aliphatic rings. The second-order valence-electron chi connectivity index (χ2n) is 5.09. The van der Waals surface area contributed by atoms with E-state index in [2.05, 4.69) is 6.92 Å². The number of likely N-dealkylation sites (tertiary alicyclic amines) is 1. The second-order valence-corrected chi connectivity index (χ2v) is 5.09. The average Bonchev–Trinajstić information content (AvgIpc) is 2.39. The van der Waals surface area contributed by atoms with E-state index in [0.717, 1.165) is 19.4 Å². The van der Waals surface area contributed by atoms with E-state index in [0.29, 0.717) is 38.8 Å². The number of amides is 2. The summed E-state index contributed by atoms with van der Waals surface area (Å²) >= 11 is 0. The first-order valence-electron chi connectivity index (χ1n) is 6.55. The van der Waals surface area contributed by atoms with Crippen molar-refractivity contribution in [2.24, 2.45) is 11.7 Å². The molecular formula is C12H24ClN3O2. The molecule has 2 amide bonds. The number of ether oxygens (including phenoxy) is 1. The Morgan fingerprint density at radius 1 is 1.33 bits per heavy atom. The number of morpholine rings is 1. The van der Waals surface area contributed by atoms with Gasteiger partial charge in [-0.2, -0.15) is 0 Å². The van der Waals surface area contributed by atoms with Crippen LogP contribution < -0.4 is 5.73 Å². The molecule has 0 aliphatic carbocycles. The molecule has 106 valence electrons. The first-order valence-corrected chi connectivity index (χ1v) is 6.55. The Kier molecular flexibility index (Phi) is 6.18. The van der Waals surface area contributed by atoms with Crippen LogP contribution in [0.5, 0.6) is 0 Å². The molecule has 2 heterocycles. The molecule has 2 atom stereocenters. The zero-order valence-electron chi connectivity index (χ0n) is 11.0. The predicted molar refractivity (Wildman–Crippen MR) is 73.0 cm³/mol. The van der Waals surface area contributed by atoms with Crippen molar-refractivity contribution in [2.45, 2.75) is 25.8 Å². The lowest BCUT2D eigenvalue weighted by Gasteiger charge is -2.41. The minimum Gasteiger partial charge on any atom is -0.378 e. The highest BCUT2D eigenvalue weighted by Gasteiger charge is 2.32. The van der Waals surface area contributed by atoms with Crippen molar-refractivity contribution < 1.29 is 9.53 Å². The zero-order chi connectivity index (χ0) is 12.3. The van der Waals surface area contributed by atoms with Gasteiger partial charge >= 0.3 is 6.03 Å². The molecule has 2 aliphatic heterocycles. The Bertz CT molecular complexity index is 272. The van der Waals surface area contributed by atoms with Crippen molar-refractivity contribution >= 4 is 18.4 Å². The van der Waals surface area contributed by atoms with E-state index in [9.17, 15) is 4.79 Å². The molecule has 0 bridgehead atoms. The van der Waals surface area contributed by atoms with Crippen LogP contribution >= 0.6 is 12.4 Å². The first-order chi connectivity index (χ1) is 8.22. The molecule has 0 saturated carbocycles. The van der Waals surface area contributed by atoms with E-state index in [4.69, 9.17) is 10.5 Å². The minimum atomic E-state index is 0. The van der Waals surface area contributed by atoms with Crippen LogP contribution in [0.2, 0.25) is 0 Å². The Labute approximate surface area is 115 Å². The van der Waals surface area contributed by atoms with Gasteiger partial charge in [0.1, 0.15) is 0 Å². The molecule has 2 unspecified atom stereocenters. The maximum atomic E-state index is 12.4. The van der Waals surface area contributed by atoms with Crippen LogP contribution in [-0.2, 0) is 4.74 Å². The van der Waals surface area contributed by atoms with Crippen LogP contribution in [0.1, 0.15) is 19.8 Å². The monoisotopic (exact) mass is 277 g/mol. The third kappa shape index (κ3) is 3.49. The summed E-state index contributed by atoms with van der Waals surface area (Å²) in [7, 11) is 0. The Balaban J connectivity index is 0.00000162. The van der Waals surface area contributed by atoms with E-state index in [1.807, 2.05) is 9.80 Å². The van der Waals surface area contributed by atoms with Crippen molar-refractivity contribution in [3.05, 3.63) is 0 Å². The number of nitrogens with two attached hydrogens (primary N) is 1. The number of rotatable bonds is 1. The fourth-order valence-electron chi connectivity index (χ4n) is 2.66. The SMILES string of the molecule is CC1CCN(C(=O)N2CCOCC2)C(CN)C1.Cl. The summed E-state index contributed by atoms with van der Waals surface area (Å²) in [5, 5.41) is 0. The van der Waals surface area contributed by atoms with E-state index in [1.165, 1.54) is 0 Å². The molecule has 2 saturated heterocycles. The van der Waals surface area contributed by atoms with Crippen molar-refractivity contribution in [1.82, 2.24) is 9.80 Å². The molecule has 2 rings (SSSR count). The van der Waals surface area contributed by atoms with E-state index in [-0.39, 0.29) is 24.5 Å². The number of carbonyl (C=O) groups is 1. The zero-order valence-corrected chi connectivity index (χ0v) is 11.8. The molecule has 2 fully saturated rings. The molecule has 6 heteroatoms. The molecule has 0 aromatic carbocycles. The highest BCUT2D eigenvalue weighted by molar-refractivity contribution is 5.85. The maximum absolute atomic E-state index is 12.4. The standard InChI is InChI=1S/C12H23N3O2.ClH/c1-10-2-3-15(11(8-10)9-13)12(16)14-4-6-17-7-5-14;/h10-11H,2-9,13H2,1H3;1H. The van der Waals surface area contributed by atoms with Crippen molar-refractivity contribution in [3.63, 3.8) is 0 Å². The van der Waals surface area contributed by atoms with Crippen LogP contribution in [0.4, 0.5) is 4.79 Å². The fraction of sp³-hybridized carbons (Fsp3) is 0.917. The first kappa shape index (κ1) is 15.5. The van der Waals surface area contributed by atoms with Gasteiger partial charge in [0.25, 0.3) is 0 Å². The molecule has 2 N–H and O–H groups in total. The Morgan fingerprint density at radius 3 is 2.61 bits per heavy atom. The van der Waals surface area contributed by atoms with Crippen LogP contribution in [0, 0.1) is 5.92 Å². The van der Waals surface area contributed by atoms with E-state index >= 15 is 0 Å².